The van der Waals surface area contributed by atoms with Gasteiger partial charge in [0.25, 0.3) is 0 Å². The third kappa shape index (κ3) is 3.87. The molecule has 0 radical (unpaired) electrons. The van der Waals surface area contributed by atoms with E-state index < -0.39 is 0 Å². The van der Waals surface area contributed by atoms with Crippen LogP contribution in [0.4, 0.5) is 17.1 Å². The predicted molar refractivity (Wildman–Crippen MR) is 185 cm³/mol. The summed E-state index contributed by atoms with van der Waals surface area (Å²) in [5.74, 6) is 0. The van der Waals surface area contributed by atoms with Crippen LogP contribution < -0.4 is 4.90 Å². The van der Waals surface area contributed by atoms with Crippen LogP contribution in [0, 0.1) is 0 Å². The molecule has 0 saturated heterocycles. The monoisotopic (exact) mass is 614 g/mol. The van der Waals surface area contributed by atoms with Gasteiger partial charge >= 0.3 is 250 Å². The van der Waals surface area contributed by atoms with Crippen molar-refractivity contribution in [2.75, 3.05) is 4.90 Å². The van der Waals surface area contributed by atoms with Gasteiger partial charge in [-0.15, -0.1) is 0 Å². The van der Waals surface area contributed by atoms with Crippen molar-refractivity contribution < 1.29 is 0 Å². The molecule has 9 rings (SSSR count). The molecule has 0 fully saturated rings. The maximum absolute atomic E-state index is 2.45. The molecule has 2 nitrogen and oxygen atoms in total. The van der Waals surface area contributed by atoms with Crippen LogP contribution >= 0.6 is 0 Å². The molecule has 3 heteroatoms. The summed E-state index contributed by atoms with van der Waals surface area (Å²) >= 11 is 0.338. The first-order valence-corrected chi connectivity index (χ1v) is 16.3. The Morgan fingerprint density at radius 3 is 1.98 bits per heavy atom. The molecule has 9 aromatic rings. The van der Waals surface area contributed by atoms with E-state index in [1.807, 2.05) is 0 Å². The fourth-order valence-corrected chi connectivity index (χ4v) is 8.92. The summed E-state index contributed by atoms with van der Waals surface area (Å²) in [7, 11) is 0. The molecule has 202 valence electrons. The number of nitrogens with zero attached hydrogens (tertiary/aromatic N) is 2. The van der Waals surface area contributed by atoms with E-state index >= 15 is 0 Å². The number of anilines is 3. The first kappa shape index (κ1) is 24.5. The molecule has 0 aliphatic carbocycles. The van der Waals surface area contributed by atoms with Crippen molar-refractivity contribution in [3.63, 3.8) is 0 Å². The zero-order valence-corrected chi connectivity index (χ0v) is 25.0. The summed E-state index contributed by atoms with van der Waals surface area (Å²) in [6.45, 7) is 0. The third-order valence-corrected chi connectivity index (χ3v) is 11.0. The van der Waals surface area contributed by atoms with Gasteiger partial charge in [-0.05, 0) is 0 Å². The average molecular weight is 614 g/mol. The zero-order valence-electron chi connectivity index (χ0n) is 23.3. The Morgan fingerprint density at radius 2 is 1.07 bits per heavy atom. The Labute approximate surface area is 255 Å². The molecular formula is C40H26N2Se. The third-order valence-electron chi connectivity index (χ3n) is 8.56. The van der Waals surface area contributed by atoms with Crippen molar-refractivity contribution in [1.82, 2.24) is 4.57 Å². The molecule has 0 unspecified atom stereocenters. The number of benzene rings is 7. The van der Waals surface area contributed by atoms with E-state index in [4.69, 9.17) is 0 Å². The van der Waals surface area contributed by atoms with Crippen molar-refractivity contribution in [1.29, 1.82) is 0 Å². The van der Waals surface area contributed by atoms with Crippen molar-refractivity contribution in [2.45, 2.75) is 0 Å². The molecule has 0 aliphatic heterocycles. The van der Waals surface area contributed by atoms with Crippen LogP contribution in [0.15, 0.2) is 158 Å². The number of hydrogen-bond acceptors (Lipinski definition) is 1. The minimum atomic E-state index is 0.338. The zero-order chi connectivity index (χ0) is 28.3. The molecule has 0 aliphatic rings. The Morgan fingerprint density at radius 1 is 0.419 bits per heavy atom. The number of para-hydroxylation sites is 2. The molecule has 0 bridgehead atoms. The van der Waals surface area contributed by atoms with Gasteiger partial charge in [-0.1, -0.05) is 6.07 Å². The summed E-state index contributed by atoms with van der Waals surface area (Å²) in [5, 5.41) is 7.72. The van der Waals surface area contributed by atoms with Crippen molar-refractivity contribution >= 4 is 83.4 Å². The molecular weight excluding hydrogens is 587 g/mol. The van der Waals surface area contributed by atoms with Crippen molar-refractivity contribution in [3.05, 3.63) is 158 Å². The number of hydrogen-bond donors (Lipinski definition) is 0. The number of fused-ring (bicyclic) bond motifs is 7. The van der Waals surface area contributed by atoms with Crippen LogP contribution in [0.3, 0.4) is 0 Å². The Balaban J connectivity index is 1.35. The standard InChI is InChI=1S/C40H26N2Se/c1-2-13-28(14-3-1)42-37-18-8-6-16-32(37)33-23-21-30(26-38(33)42)41(36-19-10-12-27-11-4-5-15-31(27)36)29-22-24-40-35(25-29)34-17-7-9-20-39(34)43-40/h1-26H. The second-order valence-corrected chi connectivity index (χ2v) is 13.3. The molecule has 0 N–H and O–H groups in total. The van der Waals surface area contributed by atoms with E-state index in [1.165, 1.54) is 68.9 Å². The molecule has 0 saturated carbocycles. The molecule has 0 spiro atoms. The van der Waals surface area contributed by atoms with Crippen LogP contribution in [-0.2, 0) is 0 Å². The summed E-state index contributed by atoms with van der Waals surface area (Å²) < 4.78 is 5.32. The van der Waals surface area contributed by atoms with E-state index in [0.717, 1.165) is 5.69 Å². The van der Waals surface area contributed by atoms with Crippen LogP contribution in [0.2, 0.25) is 0 Å². The fourth-order valence-electron chi connectivity index (χ4n) is 6.64. The van der Waals surface area contributed by atoms with Gasteiger partial charge in [0.05, 0.1) is 0 Å². The SMILES string of the molecule is c1ccc(-n2c3ccccc3c3ccc(N(c4ccc5[se]c6ccccc6c5c4)c4cccc5ccccc45)cc32)cc1. The van der Waals surface area contributed by atoms with Gasteiger partial charge in [-0.3, -0.25) is 0 Å². The Hall–Kier alpha value is -5.08. The second-order valence-electron chi connectivity index (χ2n) is 11.0. The maximum atomic E-state index is 2.45. The first-order valence-electron chi connectivity index (χ1n) is 14.6. The van der Waals surface area contributed by atoms with Gasteiger partial charge in [0, 0.05) is 0 Å². The van der Waals surface area contributed by atoms with Crippen LogP contribution in [0.25, 0.3) is 57.6 Å². The first-order chi connectivity index (χ1) is 21.3. The van der Waals surface area contributed by atoms with E-state index in [2.05, 4.69) is 167 Å². The van der Waals surface area contributed by atoms with Gasteiger partial charge < -0.3 is 0 Å². The fraction of sp³-hybridized carbons (Fsp3) is 0. The predicted octanol–water partition coefficient (Wildman–Crippen LogP) is 10.8. The summed E-state index contributed by atoms with van der Waals surface area (Å²) in [4.78, 5) is 2.45. The molecule has 43 heavy (non-hydrogen) atoms. The van der Waals surface area contributed by atoms with E-state index in [0.29, 0.717) is 14.5 Å². The quantitative estimate of drug-likeness (QED) is 0.179. The van der Waals surface area contributed by atoms with Crippen LogP contribution in [0.5, 0.6) is 0 Å². The van der Waals surface area contributed by atoms with Gasteiger partial charge in [0.2, 0.25) is 0 Å². The van der Waals surface area contributed by atoms with Crippen LogP contribution in [-0.4, -0.2) is 19.1 Å². The van der Waals surface area contributed by atoms with Gasteiger partial charge in [0.15, 0.2) is 0 Å². The Kier molecular flexibility index (Phi) is 5.55. The van der Waals surface area contributed by atoms with Gasteiger partial charge in [0.1, 0.15) is 0 Å². The topological polar surface area (TPSA) is 8.17 Å². The molecule has 2 aromatic heterocycles. The van der Waals surface area contributed by atoms with Crippen molar-refractivity contribution in [2.24, 2.45) is 0 Å². The molecule has 7 aromatic carbocycles. The molecule has 0 amide bonds. The molecule has 0 atom stereocenters. The summed E-state index contributed by atoms with van der Waals surface area (Å²) in [6, 6.07) is 57.7. The van der Waals surface area contributed by atoms with E-state index in [-0.39, 0.29) is 0 Å². The minimum absolute atomic E-state index is 0.338. The van der Waals surface area contributed by atoms with Gasteiger partial charge in [-0.2, -0.15) is 0 Å². The van der Waals surface area contributed by atoms with Crippen molar-refractivity contribution in [3.8, 4) is 5.69 Å². The van der Waals surface area contributed by atoms with E-state index in [9.17, 15) is 0 Å². The average Bonchev–Trinajstić information content (AvgIpc) is 3.61. The summed E-state index contributed by atoms with van der Waals surface area (Å²) in [6.07, 6.45) is 0. The van der Waals surface area contributed by atoms with Crippen LogP contribution in [0.1, 0.15) is 0 Å². The molecule has 2 heterocycles. The number of aromatic nitrogens is 1. The summed E-state index contributed by atoms with van der Waals surface area (Å²) in [5.41, 5.74) is 7.07. The Bertz CT molecular complexity index is 2460. The number of rotatable bonds is 4. The van der Waals surface area contributed by atoms with Gasteiger partial charge in [-0.25, -0.2) is 0 Å². The normalized spacial score (nSPS) is 11.7. The van der Waals surface area contributed by atoms with E-state index in [1.54, 1.807) is 0 Å². The second kappa shape index (κ2) is 9.74.